The Kier molecular flexibility index (Phi) is 6.76. The van der Waals surface area contributed by atoms with Crippen LogP contribution in [0.3, 0.4) is 0 Å². The fourth-order valence-electron chi connectivity index (χ4n) is 3.89. The van der Waals surface area contributed by atoms with Crippen LogP contribution >= 0.6 is 0 Å². The highest BCUT2D eigenvalue weighted by atomic mass is 28.4. The number of furan rings is 1. The third-order valence-corrected chi connectivity index (χ3v) is 11.5. The van der Waals surface area contributed by atoms with Crippen molar-refractivity contribution in [3.63, 3.8) is 0 Å². The van der Waals surface area contributed by atoms with Gasteiger partial charge in [0.15, 0.2) is 25.4 Å². The molecule has 0 aliphatic carbocycles. The molecule has 0 saturated carbocycles. The van der Waals surface area contributed by atoms with Crippen molar-refractivity contribution >= 4 is 25.1 Å². The van der Waals surface area contributed by atoms with Crippen molar-refractivity contribution in [3.05, 3.63) is 77.9 Å². The van der Waals surface area contributed by atoms with Gasteiger partial charge in [0.05, 0.1) is 13.7 Å². The molecule has 35 heavy (non-hydrogen) atoms. The van der Waals surface area contributed by atoms with Gasteiger partial charge in [-0.15, -0.1) is 0 Å². The molecule has 0 aliphatic rings. The lowest BCUT2D eigenvalue weighted by Gasteiger charge is -2.36. The van der Waals surface area contributed by atoms with Crippen LogP contribution in [0.5, 0.6) is 5.75 Å². The average molecular weight is 487 g/mol. The lowest BCUT2D eigenvalue weighted by atomic mass is 9.96. The highest BCUT2D eigenvalue weighted by Gasteiger charge is 2.37. The standard InChI is InChI=1S/C30H34O4Si/c1-20(31)22-13-15-23(16-14-22)27-25-17-21(19-33-35(6,7)30(2,3)4)18-26(32-5)29(25)34-28(27)24-11-9-8-10-12-24/h8-18H,19H2,1-7H3. The Bertz CT molecular complexity index is 1340. The topological polar surface area (TPSA) is 48.7 Å². The van der Waals surface area contributed by atoms with E-state index in [1.54, 1.807) is 14.0 Å². The number of Topliss-reactive ketones (excluding diaryl/α,β-unsaturated/α-hetero) is 1. The zero-order valence-corrected chi connectivity index (χ0v) is 22.7. The van der Waals surface area contributed by atoms with Gasteiger partial charge in [-0.25, -0.2) is 0 Å². The largest absolute Gasteiger partial charge is 0.493 e. The number of ether oxygens (including phenoxy) is 1. The second kappa shape index (κ2) is 9.48. The van der Waals surface area contributed by atoms with Crippen LogP contribution in [0.4, 0.5) is 0 Å². The second-order valence-electron chi connectivity index (χ2n) is 10.5. The molecule has 0 atom stereocenters. The molecule has 4 rings (SSSR count). The fraction of sp³-hybridized carbons (Fsp3) is 0.300. The van der Waals surface area contributed by atoms with E-state index in [-0.39, 0.29) is 10.8 Å². The summed E-state index contributed by atoms with van der Waals surface area (Å²) in [5, 5.41) is 1.09. The number of rotatable bonds is 7. The number of benzene rings is 3. The summed E-state index contributed by atoms with van der Waals surface area (Å²) in [6, 6.07) is 21.9. The van der Waals surface area contributed by atoms with Gasteiger partial charge >= 0.3 is 0 Å². The fourth-order valence-corrected chi connectivity index (χ4v) is 4.85. The number of methoxy groups -OCH3 is 1. The highest BCUT2D eigenvalue weighted by molar-refractivity contribution is 6.74. The molecule has 3 aromatic carbocycles. The number of carbonyl (C=O) groups excluding carboxylic acids is 1. The zero-order chi connectivity index (χ0) is 25.4. The number of ketones is 1. The first-order valence-corrected chi connectivity index (χ1v) is 14.9. The molecule has 0 fully saturated rings. The van der Waals surface area contributed by atoms with Crippen molar-refractivity contribution in [2.45, 2.75) is 52.4 Å². The molecule has 1 heterocycles. The van der Waals surface area contributed by atoms with Gasteiger partial charge in [0.1, 0.15) is 5.76 Å². The van der Waals surface area contributed by atoms with Gasteiger partial charge in [0.25, 0.3) is 0 Å². The summed E-state index contributed by atoms with van der Waals surface area (Å²) in [6.07, 6.45) is 0. The molecular formula is C30H34O4Si. The Morgan fingerprint density at radius 1 is 0.943 bits per heavy atom. The first kappa shape index (κ1) is 25.0. The van der Waals surface area contributed by atoms with Crippen LogP contribution < -0.4 is 4.74 Å². The Morgan fingerprint density at radius 3 is 2.17 bits per heavy atom. The van der Waals surface area contributed by atoms with Crippen molar-refractivity contribution in [2.24, 2.45) is 0 Å². The maximum absolute atomic E-state index is 11.8. The summed E-state index contributed by atoms with van der Waals surface area (Å²) < 4.78 is 18.8. The van der Waals surface area contributed by atoms with Crippen LogP contribution in [0.1, 0.15) is 43.6 Å². The van der Waals surface area contributed by atoms with Crippen molar-refractivity contribution in [3.8, 4) is 28.2 Å². The molecule has 4 aromatic rings. The average Bonchev–Trinajstić information content (AvgIpc) is 3.21. The summed E-state index contributed by atoms with van der Waals surface area (Å²) in [4.78, 5) is 11.8. The van der Waals surface area contributed by atoms with Gasteiger partial charge in [-0.2, -0.15) is 0 Å². The minimum Gasteiger partial charge on any atom is -0.493 e. The monoisotopic (exact) mass is 486 g/mol. The Hall–Kier alpha value is -3.15. The Morgan fingerprint density at radius 2 is 1.60 bits per heavy atom. The van der Waals surface area contributed by atoms with E-state index in [2.05, 4.69) is 39.9 Å². The van der Waals surface area contributed by atoms with Crippen molar-refractivity contribution in [1.29, 1.82) is 0 Å². The van der Waals surface area contributed by atoms with Gasteiger partial charge in [-0.05, 0) is 48.3 Å². The van der Waals surface area contributed by atoms with E-state index in [0.29, 0.717) is 23.5 Å². The Labute approximate surface area is 209 Å². The van der Waals surface area contributed by atoms with Crippen LogP contribution in [0.15, 0.2) is 71.1 Å². The summed E-state index contributed by atoms with van der Waals surface area (Å²) >= 11 is 0. The van der Waals surface area contributed by atoms with E-state index in [9.17, 15) is 4.79 Å². The molecule has 0 unspecified atom stereocenters. The maximum Gasteiger partial charge on any atom is 0.192 e. The molecule has 1 aromatic heterocycles. The van der Waals surface area contributed by atoms with Gasteiger partial charge in [-0.3, -0.25) is 4.79 Å². The van der Waals surface area contributed by atoms with E-state index in [1.807, 2.05) is 60.7 Å². The van der Waals surface area contributed by atoms with Gasteiger partial charge in [0.2, 0.25) is 0 Å². The summed E-state index contributed by atoms with van der Waals surface area (Å²) in [5.41, 5.74) is 5.37. The zero-order valence-electron chi connectivity index (χ0n) is 21.7. The number of hydrogen-bond acceptors (Lipinski definition) is 4. The lowest BCUT2D eigenvalue weighted by Crippen LogP contribution is -2.40. The minimum absolute atomic E-state index is 0.0450. The van der Waals surface area contributed by atoms with Crippen molar-refractivity contribution in [1.82, 2.24) is 0 Å². The van der Waals surface area contributed by atoms with E-state index >= 15 is 0 Å². The second-order valence-corrected chi connectivity index (χ2v) is 15.3. The summed E-state index contributed by atoms with van der Waals surface area (Å²) in [7, 11) is -0.255. The van der Waals surface area contributed by atoms with Gasteiger partial charge < -0.3 is 13.6 Å². The molecule has 5 heteroatoms. The highest BCUT2D eigenvalue weighted by Crippen LogP contribution is 2.45. The van der Waals surface area contributed by atoms with Crippen LogP contribution in [0.2, 0.25) is 18.1 Å². The summed E-state index contributed by atoms with van der Waals surface area (Å²) in [6.45, 7) is 13.3. The predicted octanol–water partition coefficient (Wildman–Crippen LogP) is 8.50. The first-order chi connectivity index (χ1) is 16.5. The molecule has 0 bridgehead atoms. The Balaban J connectivity index is 1.90. The quantitative estimate of drug-likeness (QED) is 0.194. The van der Waals surface area contributed by atoms with E-state index < -0.39 is 8.32 Å². The molecule has 0 radical (unpaired) electrons. The molecule has 0 saturated heterocycles. The smallest absolute Gasteiger partial charge is 0.192 e. The molecule has 0 spiro atoms. The molecule has 182 valence electrons. The molecule has 0 amide bonds. The van der Waals surface area contributed by atoms with Gasteiger partial charge in [-0.1, -0.05) is 75.4 Å². The van der Waals surface area contributed by atoms with Crippen LogP contribution in [-0.4, -0.2) is 21.2 Å². The third-order valence-electron chi connectivity index (χ3n) is 7.06. The number of fused-ring (bicyclic) bond motifs is 1. The molecular weight excluding hydrogens is 452 g/mol. The maximum atomic E-state index is 11.8. The summed E-state index contributed by atoms with van der Waals surface area (Å²) in [5.74, 6) is 1.50. The van der Waals surface area contributed by atoms with E-state index in [4.69, 9.17) is 13.6 Å². The number of hydrogen-bond donors (Lipinski definition) is 0. The van der Waals surface area contributed by atoms with Crippen molar-refractivity contribution in [2.75, 3.05) is 7.11 Å². The van der Waals surface area contributed by atoms with E-state index in [0.717, 1.165) is 33.4 Å². The lowest BCUT2D eigenvalue weighted by molar-refractivity contribution is 0.101. The first-order valence-electron chi connectivity index (χ1n) is 12.0. The molecule has 4 nitrogen and oxygen atoms in total. The SMILES string of the molecule is COc1cc(CO[Si](C)(C)C(C)(C)C)cc2c(-c3ccc(C(C)=O)cc3)c(-c3ccccc3)oc12. The van der Waals surface area contributed by atoms with Gasteiger partial charge in [0, 0.05) is 22.1 Å². The van der Waals surface area contributed by atoms with E-state index in [1.165, 1.54) is 0 Å². The van der Waals surface area contributed by atoms with Crippen molar-refractivity contribution < 1.29 is 18.4 Å². The molecule has 0 N–H and O–H groups in total. The minimum atomic E-state index is -1.92. The third kappa shape index (κ3) is 4.97. The van der Waals surface area contributed by atoms with Crippen LogP contribution in [0, 0.1) is 0 Å². The number of carbonyl (C=O) groups is 1. The van der Waals surface area contributed by atoms with Crippen LogP contribution in [0.25, 0.3) is 33.4 Å². The normalized spacial score (nSPS) is 12.2. The predicted molar refractivity (Wildman–Crippen MR) is 146 cm³/mol. The van der Waals surface area contributed by atoms with Crippen LogP contribution in [-0.2, 0) is 11.0 Å². The molecule has 0 aliphatic heterocycles.